The maximum Gasteiger partial charge on any atom is 0.0707 e. The van der Waals surface area contributed by atoms with Gasteiger partial charge < -0.3 is 4.74 Å². The van der Waals surface area contributed by atoms with E-state index in [4.69, 9.17) is 4.74 Å². The third kappa shape index (κ3) is 2.23. The summed E-state index contributed by atoms with van der Waals surface area (Å²) in [5.74, 6) is 0. The molecule has 0 amide bonds. The van der Waals surface area contributed by atoms with Gasteiger partial charge in [-0.1, -0.05) is 13.8 Å². The predicted octanol–water partition coefficient (Wildman–Crippen LogP) is 2.07. The van der Waals surface area contributed by atoms with E-state index in [2.05, 4.69) is 36.9 Å². The normalized spacial score (nSPS) is 14.0. The van der Waals surface area contributed by atoms with E-state index in [1.165, 1.54) is 0 Å². The third-order valence-electron chi connectivity index (χ3n) is 2.06. The molecule has 1 atom stereocenters. The van der Waals surface area contributed by atoms with Crippen LogP contribution in [-0.2, 0) is 4.74 Å². The van der Waals surface area contributed by atoms with Gasteiger partial charge in [0.25, 0.3) is 0 Å². The van der Waals surface area contributed by atoms with Crippen LogP contribution in [0.5, 0.6) is 0 Å². The fraction of sp³-hybridized carbons (Fsp3) is 1.00. The summed E-state index contributed by atoms with van der Waals surface area (Å²) in [6, 6.07) is 0. The highest BCUT2D eigenvalue weighted by atomic mass is 31.0. The lowest BCUT2D eigenvalue weighted by Gasteiger charge is -2.36. The highest BCUT2D eigenvalue weighted by molar-refractivity contribution is 7.19. The van der Waals surface area contributed by atoms with E-state index >= 15 is 0 Å². The first kappa shape index (κ1) is 9.39. The highest BCUT2D eigenvalue weighted by Crippen LogP contribution is 2.32. The molecule has 0 radical (unpaired) electrons. The van der Waals surface area contributed by atoms with Crippen LogP contribution >= 0.6 is 9.24 Å². The third-order valence-corrected chi connectivity index (χ3v) is 2.76. The summed E-state index contributed by atoms with van der Waals surface area (Å²) in [6.45, 7) is 8.45. The topological polar surface area (TPSA) is 9.23 Å². The minimum atomic E-state index is -0.0579. The Labute approximate surface area is 60.4 Å². The summed E-state index contributed by atoms with van der Waals surface area (Å²) >= 11 is 0. The lowest BCUT2D eigenvalue weighted by molar-refractivity contribution is -0.00229. The van der Waals surface area contributed by atoms with Crippen LogP contribution in [0, 0.1) is 0 Å². The first-order valence-electron chi connectivity index (χ1n) is 3.15. The van der Waals surface area contributed by atoms with Gasteiger partial charge in [-0.05, 0) is 13.8 Å². The van der Waals surface area contributed by atoms with Crippen molar-refractivity contribution in [2.75, 3.05) is 7.11 Å². The highest BCUT2D eigenvalue weighted by Gasteiger charge is 2.32. The molecule has 0 heterocycles. The van der Waals surface area contributed by atoms with Gasteiger partial charge >= 0.3 is 0 Å². The SMILES string of the molecule is COC(C)(C)C(C)(C)P. The van der Waals surface area contributed by atoms with Crippen LogP contribution in [0.3, 0.4) is 0 Å². The van der Waals surface area contributed by atoms with Crippen LogP contribution < -0.4 is 0 Å². The number of hydrogen-bond acceptors (Lipinski definition) is 1. The Morgan fingerprint density at radius 2 is 1.44 bits per heavy atom. The van der Waals surface area contributed by atoms with Crippen molar-refractivity contribution in [3.8, 4) is 0 Å². The summed E-state index contributed by atoms with van der Waals surface area (Å²) in [4.78, 5) is 0. The molecule has 0 saturated carbocycles. The second-order valence-electron chi connectivity index (χ2n) is 3.44. The average Bonchev–Trinajstić information content (AvgIpc) is 1.64. The van der Waals surface area contributed by atoms with E-state index in [-0.39, 0.29) is 10.8 Å². The maximum absolute atomic E-state index is 5.28. The molecule has 9 heavy (non-hydrogen) atoms. The van der Waals surface area contributed by atoms with Crippen LogP contribution in [-0.4, -0.2) is 17.9 Å². The first-order valence-corrected chi connectivity index (χ1v) is 3.73. The van der Waals surface area contributed by atoms with Crippen LogP contribution in [0.25, 0.3) is 0 Å². The fourth-order valence-electron chi connectivity index (χ4n) is 0.263. The van der Waals surface area contributed by atoms with Gasteiger partial charge in [-0.2, -0.15) is 0 Å². The van der Waals surface area contributed by atoms with E-state index < -0.39 is 0 Å². The Bertz CT molecular complexity index is 91.6. The van der Waals surface area contributed by atoms with Gasteiger partial charge in [0, 0.05) is 12.3 Å². The van der Waals surface area contributed by atoms with Crippen molar-refractivity contribution in [3.05, 3.63) is 0 Å². The Morgan fingerprint density at radius 1 is 1.11 bits per heavy atom. The standard InChI is InChI=1S/C7H17OP/c1-6(2,8-5)7(3,4)9/h9H2,1-5H3. The summed E-state index contributed by atoms with van der Waals surface area (Å²) in [7, 11) is 4.52. The van der Waals surface area contributed by atoms with Crippen LogP contribution in [0.2, 0.25) is 0 Å². The van der Waals surface area contributed by atoms with E-state index in [1.807, 2.05) is 0 Å². The number of methoxy groups -OCH3 is 1. The van der Waals surface area contributed by atoms with Crippen molar-refractivity contribution in [3.63, 3.8) is 0 Å². The van der Waals surface area contributed by atoms with Crippen molar-refractivity contribution in [2.45, 2.75) is 38.5 Å². The minimum absolute atomic E-state index is 0.0579. The second kappa shape index (κ2) is 2.56. The van der Waals surface area contributed by atoms with Gasteiger partial charge in [-0.25, -0.2) is 0 Å². The van der Waals surface area contributed by atoms with Crippen molar-refractivity contribution in [1.82, 2.24) is 0 Å². The van der Waals surface area contributed by atoms with Crippen molar-refractivity contribution < 1.29 is 4.74 Å². The summed E-state index contributed by atoms with van der Waals surface area (Å²) in [6.07, 6.45) is 0. The van der Waals surface area contributed by atoms with Gasteiger partial charge in [0.05, 0.1) is 5.60 Å². The molecule has 0 bridgehead atoms. The lowest BCUT2D eigenvalue weighted by atomic mass is 9.93. The Hall–Kier alpha value is 0.390. The smallest absolute Gasteiger partial charge is 0.0707 e. The Balaban J connectivity index is 4.14. The minimum Gasteiger partial charge on any atom is -0.378 e. The average molecular weight is 148 g/mol. The molecule has 0 spiro atoms. The molecule has 0 aliphatic rings. The molecule has 0 aromatic heterocycles. The van der Waals surface area contributed by atoms with Crippen LogP contribution in [0.15, 0.2) is 0 Å². The molecule has 0 fully saturated rings. The summed E-state index contributed by atoms with van der Waals surface area (Å²) < 4.78 is 5.28. The van der Waals surface area contributed by atoms with Gasteiger partial charge in [0.2, 0.25) is 0 Å². The molecule has 2 heteroatoms. The van der Waals surface area contributed by atoms with Gasteiger partial charge in [0.1, 0.15) is 0 Å². The second-order valence-corrected chi connectivity index (χ2v) is 4.88. The fourth-order valence-corrected chi connectivity index (χ4v) is 0.381. The van der Waals surface area contributed by atoms with Crippen LogP contribution in [0.4, 0.5) is 0 Å². The summed E-state index contributed by atoms with van der Waals surface area (Å²) in [5, 5.41) is 0.141. The molecule has 0 aliphatic carbocycles. The van der Waals surface area contributed by atoms with Crippen LogP contribution in [0.1, 0.15) is 27.7 Å². The zero-order valence-corrected chi connectivity index (χ0v) is 8.14. The zero-order valence-electron chi connectivity index (χ0n) is 6.99. The largest absolute Gasteiger partial charge is 0.378 e. The summed E-state index contributed by atoms with van der Waals surface area (Å²) in [5.41, 5.74) is -0.0579. The Morgan fingerprint density at radius 3 is 1.44 bits per heavy atom. The van der Waals surface area contributed by atoms with E-state index in [1.54, 1.807) is 7.11 Å². The zero-order chi connectivity index (χ0) is 7.71. The van der Waals surface area contributed by atoms with Crippen molar-refractivity contribution in [1.29, 1.82) is 0 Å². The number of rotatable bonds is 2. The molecular weight excluding hydrogens is 131 g/mol. The van der Waals surface area contributed by atoms with Gasteiger partial charge in [-0.3, -0.25) is 0 Å². The predicted molar refractivity (Wildman–Crippen MR) is 44.9 cm³/mol. The monoisotopic (exact) mass is 148 g/mol. The molecule has 0 aromatic rings. The molecule has 0 rings (SSSR count). The molecule has 0 aromatic carbocycles. The molecule has 1 unspecified atom stereocenters. The number of ether oxygens (including phenoxy) is 1. The molecule has 0 N–H and O–H groups in total. The molecule has 0 saturated heterocycles. The van der Waals surface area contributed by atoms with Gasteiger partial charge in [0.15, 0.2) is 0 Å². The van der Waals surface area contributed by atoms with Crippen molar-refractivity contribution >= 4 is 9.24 Å². The molecule has 56 valence electrons. The number of hydrogen-bond donors (Lipinski definition) is 0. The van der Waals surface area contributed by atoms with Gasteiger partial charge in [-0.15, -0.1) is 9.24 Å². The maximum atomic E-state index is 5.28. The lowest BCUT2D eigenvalue weighted by Crippen LogP contribution is -2.41. The first-order chi connectivity index (χ1) is 3.81. The quantitative estimate of drug-likeness (QED) is 0.545. The van der Waals surface area contributed by atoms with E-state index in [9.17, 15) is 0 Å². The van der Waals surface area contributed by atoms with E-state index in [0.29, 0.717) is 0 Å². The molecular formula is C7H17OP. The van der Waals surface area contributed by atoms with E-state index in [0.717, 1.165) is 0 Å². The van der Waals surface area contributed by atoms with Crippen molar-refractivity contribution in [2.24, 2.45) is 0 Å². The molecule has 1 nitrogen and oxygen atoms in total. The molecule has 0 aliphatic heterocycles. The Kier molecular flexibility index (Phi) is 2.67.